The zero-order chi connectivity index (χ0) is 21.7. The molecule has 6 nitrogen and oxygen atoms in total. The smallest absolute Gasteiger partial charge is 0.475 e. The number of thiophene rings is 1. The molecule has 0 spiro atoms. The highest BCUT2D eigenvalue weighted by atomic mass is 32.1. The van der Waals surface area contributed by atoms with E-state index in [0.717, 1.165) is 64.1 Å². The molecule has 1 N–H and O–H groups in total. The van der Waals surface area contributed by atoms with Gasteiger partial charge in [0.05, 0.1) is 5.69 Å². The van der Waals surface area contributed by atoms with Crippen LogP contribution in [0, 0.1) is 0 Å². The molecule has 0 saturated carbocycles. The standard InChI is InChI=1S/C17H21N3OS2.C2HF3O2/c21-17(20-7-1-2-8-20)16-18-14-5-9-19(10-6-15(14)23-16)12-13-4-3-11-22-13;3-2(4,5)1(6)7/h3-4,11H,1-2,5-10,12H2;(H,6,7). The van der Waals surface area contributed by atoms with Crippen molar-refractivity contribution in [1.29, 1.82) is 0 Å². The van der Waals surface area contributed by atoms with Crippen LogP contribution in [0.1, 0.15) is 38.1 Å². The van der Waals surface area contributed by atoms with E-state index in [1.54, 1.807) is 11.3 Å². The topological polar surface area (TPSA) is 73.7 Å². The Morgan fingerprint density at radius 3 is 2.40 bits per heavy atom. The summed E-state index contributed by atoms with van der Waals surface area (Å²) in [5.41, 5.74) is 1.16. The zero-order valence-electron chi connectivity index (χ0n) is 16.2. The lowest BCUT2D eigenvalue weighted by Crippen LogP contribution is -2.28. The average Bonchev–Trinajstić information content (AvgIpc) is 3.43. The number of halogens is 3. The second-order valence-corrected chi connectivity index (χ2v) is 9.16. The molecular weight excluding hydrogens is 439 g/mol. The van der Waals surface area contributed by atoms with E-state index < -0.39 is 12.1 Å². The largest absolute Gasteiger partial charge is 0.490 e. The maximum Gasteiger partial charge on any atom is 0.490 e. The van der Waals surface area contributed by atoms with E-state index in [1.165, 1.54) is 9.75 Å². The Hall–Kier alpha value is -1.98. The van der Waals surface area contributed by atoms with Gasteiger partial charge < -0.3 is 10.0 Å². The molecule has 0 radical (unpaired) electrons. The molecule has 2 aliphatic heterocycles. The summed E-state index contributed by atoms with van der Waals surface area (Å²) in [5, 5.41) is 9.98. The fourth-order valence-electron chi connectivity index (χ4n) is 3.34. The molecule has 0 unspecified atom stereocenters. The van der Waals surface area contributed by atoms with E-state index in [2.05, 4.69) is 22.4 Å². The van der Waals surface area contributed by atoms with Crippen LogP contribution in [0.25, 0.3) is 0 Å². The van der Waals surface area contributed by atoms with Gasteiger partial charge in [-0.3, -0.25) is 9.69 Å². The summed E-state index contributed by atoms with van der Waals surface area (Å²) in [4.78, 5) is 33.3. The van der Waals surface area contributed by atoms with Gasteiger partial charge in [-0.15, -0.1) is 22.7 Å². The van der Waals surface area contributed by atoms with Crippen LogP contribution in [-0.4, -0.2) is 64.1 Å². The minimum absolute atomic E-state index is 0.149. The Kier molecular flexibility index (Phi) is 7.48. The Morgan fingerprint density at radius 2 is 1.80 bits per heavy atom. The number of carbonyl (C=O) groups is 2. The minimum atomic E-state index is -5.08. The number of nitrogens with zero attached hydrogens (tertiary/aromatic N) is 3. The van der Waals surface area contributed by atoms with Crippen molar-refractivity contribution < 1.29 is 27.9 Å². The third kappa shape index (κ3) is 6.02. The number of carboxylic acid groups (broad SMARTS) is 1. The predicted molar refractivity (Wildman–Crippen MR) is 108 cm³/mol. The lowest BCUT2D eigenvalue weighted by atomic mass is 10.2. The van der Waals surface area contributed by atoms with Crippen LogP contribution in [0.5, 0.6) is 0 Å². The van der Waals surface area contributed by atoms with Crippen molar-refractivity contribution in [3.05, 3.63) is 38.0 Å². The SMILES string of the molecule is O=C(O)C(F)(F)F.O=C(c1nc2c(s1)CCN(Cc1cccs1)CC2)N1CCCC1. The number of fused-ring (bicyclic) bond motifs is 1. The second kappa shape index (κ2) is 9.88. The fraction of sp³-hybridized carbons (Fsp3) is 0.526. The van der Waals surface area contributed by atoms with Gasteiger partial charge in [0.1, 0.15) is 0 Å². The molecule has 0 aromatic carbocycles. The van der Waals surface area contributed by atoms with Gasteiger partial charge in [0.25, 0.3) is 5.91 Å². The molecule has 0 atom stereocenters. The first-order chi connectivity index (χ1) is 14.2. The summed E-state index contributed by atoms with van der Waals surface area (Å²) in [7, 11) is 0. The molecular formula is C19H22F3N3O3S2. The van der Waals surface area contributed by atoms with Crippen molar-refractivity contribution in [2.45, 2.75) is 38.4 Å². The first-order valence-electron chi connectivity index (χ1n) is 9.56. The quantitative estimate of drug-likeness (QED) is 0.755. The summed E-state index contributed by atoms with van der Waals surface area (Å²) >= 11 is 3.45. The van der Waals surface area contributed by atoms with Gasteiger partial charge in [-0.2, -0.15) is 13.2 Å². The Balaban J connectivity index is 0.000000318. The summed E-state index contributed by atoms with van der Waals surface area (Å²) in [6.07, 6.45) is -0.834. The number of amides is 1. The molecule has 4 rings (SSSR count). The van der Waals surface area contributed by atoms with Crippen LogP contribution in [0.2, 0.25) is 0 Å². The number of carboxylic acids is 1. The molecule has 1 fully saturated rings. The van der Waals surface area contributed by atoms with Crippen molar-refractivity contribution in [2.24, 2.45) is 0 Å². The van der Waals surface area contributed by atoms with Crippen LogP contribution >= 0.6 is 22.7 Å². The molecule has 1 saturated heterocycles. The third-order valence-corrected chi connectivity index (χ3v) is 6.88. The highest BCUT2D eigenvalue weighted by Crippen LogP contribution is 2.26. The fourth-order valence-corrected chi connectivity index (χ4v) is 5.15. The number of hydrogen-bond acceptors (Lipinski definition) is 6. The molecule has 2 aromatic heterocycles. The first-order valence-corrected chi connectivity index (χ1v) is 11.3. The Morgan fingerprint density at radius 1 is 1.13 bits per heavy atom. The van der Waals surface area contributed by atoms with Gasteiger partial charge in [-0.05, 0) is 30.7 Å². The number of alkyl halides is 3. The lowest BCUT2D eigenvalue weighted by molar-refractivity contribution is -0.192. The number of carbonyl (C=O) groups excluding carboxylic acids is 1. The van der Waals surface area contributed by atoms with Crippen LogP contribution in [-0.2, 0) is 24.2 Å². The molecule has 4 heterocycles. The van der Waals surface area contributed by atoms with E-state index in [9.17, 15) is 18.0 Å². The van der Waals surface area contributed by atoms with Gasteiger partial charge in [-0.1, -0.05) is 6.07 Å². The molecule has 164 valence electrons. The molecule has 11 heteroatoms. The number of thiazole rings is 1. The normalized spacial score (nSPS) is 17.1. The van der Waals surface area contributed by atoms with Gasteiger partial charge in [0, 0.05) is 48.9 Å². The molecule has 30 heavy (non-hydrogen) atoms. The summed E-state index contributed by atoms with van der Waals surface area (Å²) in [6, 6.07) is 4.32. The third-order valence-electron chi connectivity index (χ3n) is 4.88. The van der Waals surface area contributed by atoms with Crippen LogP contribution in [0.3, 0.4) is 0 Å². The zero-order valence-corrected chi connectivity index (χ0v) is 17.8. The summed E-state index contributed by atoms with van der Waals surface area (Å²) in [5.74, 6) is -2.61. The van der Waals surface area contributed by atoms with Crippen LogP contribution in [0.4, 0.5) is 13.2 Å². The average molecular weight is 462 g/mol. The van der Waals surface area contributed by atoms with E-state index >= 15 is 0 Å². The number of hydrogen-bond donors (Lipinski definition) is 1. The van der Waals surface area contributed by atoms with Gasteiger partial charge in [0.2, 0.25) is 0 Å². The van der Waals surface area contributed by atoms with Crippen molar-refractivity contribution in [2.75, 3.05) is 26.2 Å². The van der Waals surface area contributed by atoms with E-state index in [1.807, 2.05) is 16.2 Å². The maximum absolute atomic E-state index is 12.5. The second-order valence-electron chi connectivity index (χ2n) is 7.05. The molecule has 0 aliphatic carbocycles. The number of likely N-dealkylation sites (tertiary alicyclic amines) is 1. The number of aromatic nitrogens is 1. The van der Waals surface area contributed by atoms with Crippen LogP contribution in [0.15, 0.2) is 17.5 Å². The number of aliphatic carboxylic acids is 1. The van der Waals surface area contributed by atoms with E-state index in [0.29, 0.717) is 5.01 Å². The van der Waals surface area contributed by atoms with Gasteiger partial charge in [-0.25, -0.2) is 9.78 Å². The predicted octanol–water partition coefficient (Wildman–Crippen LogP) is 3.67. The Labute approximate surface area is 179 Å². The van der Waals surface area contributed by atoms with Crippen molar-refractivity contribution in [3.63, 3.8) is 0 Å². The monoisotopic (exact) mass is 461 g/mol. The Bertz CT molecular complexity index is 837. The van der Waals surface area contributed by atoms with Gasteiger partial charge in [0.15, 0.2) is 5.01 Å². The van der Waals surface area contributed by atoms with Crippen LogP contribution < -0.4 is 0 Å². The van der Waals surface area contributed by atoms with E-state index in [4.69, 9.17) is 14.9 Å². The van der Waals surface area contributed by atoms with E-state index in [-0.39, 0.29) is 5.91 Å². The molecule has 2 aromatic rings. The maximum atomic E-state index is 12.5. The van der Waals surface area contributed by atoms with Crippen molar-refractivity contribution >= 4 is 34.6 Å². The molecule has 1 amide bonds. The number of rotatable bonds is 3. The molecule has 0 bridgehead atoms. The first kappa shape index (κ1) is 22.7. The summed E-state index contributed by atoms with van der Waals surface area (Å²) in [6.45, 7) is 4.93. The summed E-state index contributed by atoms with van der Waals surface area (Å²) < 4.78 is 31.7. The highest BCUT2D eigenvalue weighted by Gasteiger charge is 2.38. The molecule has 2 aliphatic rings. The van der Waals surface area contributed by atoms with Gasteiger partial charge >= 0.3 is 12.1 Å². The van der Waals surface area contributed by atoms with Crippen molar-refractivity contribution in [3.8, 4) is 0 Å². The lowest BCUT2D eigenvalue weighted by Gasteiger charge is -2.18. The minimum Gasteiger partial charge on any atom is -0.475 e. The van der Waals surface area contributed by atoms with Crippen molar-refractivity contribution in [1.82, 2.24) is 14.8 Å². The highest BCUT2D eigenvalue weighted by molar-refractivity contribution is 7.13.